The standard InChI is InChI=1S/C21H38N4O2/c1-16(17-7-11-22-12-8-17)15-20(26)25-13-9-19(10-14-25)24-21(27)23-18-5-3-2-4-6-18/h16-19,22H,2-15H2,1H3,(H2,23,24,27). The quantitative estimate of drug-likeness (QED) is 0.688. The summed E-state index contributed by atoms with van der Waals surface area (Å²) in [6.45, 7) is 5.95. The number of carbonyl (C=O) groups excluding carboxylic acids is 2. The summed E-state index contributed by atoms with van der Waals surface area (Å²) < 4.78 is 0. The average molecular weight is 379 g/mol. The minimum Gasteiger partial charge on any atom is -0.343 e. The molecule has 3 N–H and O–H groups in total. The normalized spacial score (nSPS) is 24.4. The molecule has 0 aromatic heterocycles. The summed E-state index contributed by atoms with van der Waals surface area (Å²) in [7, 11) is 0. The second kappa shape index (κ2) is 10.3. The summed E-state index contributed by atoms with van der Waals surface area (Å²) in [6.07, 6.45) is 10.7. The van der Waals surface area contributed by atoms with Crippen molar-refractivity contribution in [3.8, 4) is 0 Å². The van der Waals surface area contributed by atoms with E-state index in [1.165, 1.54) is 32.1 Å². The van der Waals surface area contributed by atoms with Gasteiger partial charge in [0.1, 0.15) is 0 Å². The zero-order valence-electron chi connectivity index (χ0n) is 17.0. The van der Waals surface area contributed by atoms with Gasteiger partial charge in [0, 0.05) is 31.6 Å². The van der Waals surface area contributed by atoms with Crippen molar-refractivity contribution in [3.63, 3.8) is 0 Å². The Bertz CT molecular complexity index is 479. The van der Waals surface area contributed by atoms with Gasteiger partial charge in [-0.1, -0.05) is 26.2 Å². The predicted octanol–water partition coefficient (Wildman–Crippen LogP) is 2.64. The molecule has 0 radical (unpaired) electrons. The van der Waals surface area contributed by atoms with Crippen LogP contribution < -0.4 is 16.0 Å². The van der Waals surface area contributed by atoms with Crippen molar-refractivity contribution >= 4 is 11.9 Å². The van der Waals surface area contributed by atoms with Crippen LogP contribution in [-0.4, -0.2) is 55.1 Å². The van der Waals surface area contributed by atoms with E-state index in [-0.39, 0.29) is 12.1 Å². The van der Waals surface area contributed by atoms with Crippen LogP contribution in [0.3, 0.4) is 0 Å². The van der Waals surface area contributed by atoms with Crippen LogP contribution in [-0.2, 0) is 4.79 Å². The maximum Gasteiger partial charge on any atom is 0.315 e. The van der Waals surface area contributed by atoms with Gasteiger partial charge in [-0.3, -0.25) is 4.79 Å². The van der Waals surface area contributed by atoms with Gasteiger partial charge in [-0.15, -0.1) is 0 Å². The number of rotatable bonds is 5. The molecule has 1 aliphatic carbocycles. The number of amides is 3. The van der Waals surface area contributed by atoms with Gasteiger partial charge in [0.05, 0.1) is 0 Å². The van der Waals surface area contributed by atoms with E-state index in [0.717, 1.165) is 51.9 Å². The molecule has 0 spiro atoms. The van der Waals surface area contributed by atoms with E-state index in [4.69, 9.17) is 0 Å². The first-order chi connectivity index (χ1) is 13.1. The van der Waals surface area contributed by atoms with Crippen LogP contribution in [0.15, 0.2) is 0 Å². The maximum atomic E-state index is 12.7. The Morgan fingerprint density at radius 3 is 2.15 bits per heavy atom. The number of hydrogen-bond acceptors (Lipinski definition) is 3. The molecule has 2 saturated heterocycles. The average Bonchev–Trinajstić information content (AvgIpc) is 2.70. The third-order valence-corrected chi connectivity index (χ3v) is 6.81. The minimum absolute atomic E-state index is 0.0220. The molecule has 6 nitrogen and oxygen atoms in total. The molecule has 3 rings (SSSR count). The molecule has 1 atom stereocenters. The second-order valence-corrected chi connectivity index (χ2v) is 8.88. The Hall–Kier alpha value is -1.30. The smallest absolute Gasteiger partial charge is 0.315 e. The molecular formula is C21H38N4O2. The third-order valence-electron chi connectivity index (χ3n) is 6.81. The third kappa shape index (κ3) is 6.37. The molecule has 0 bridgehead atoms. The molecular weight excluding hydrogens is 340 g/mol. The van der Waals surface area contributed by atoms with E-state index in [1.54, 1.807) is 0 Å². The fourth-order valence-electron chi connectivity index (χ4n) is 4.92. The van der Waals surface area contributed by atoms with Crippen LogP contribution in [0, 0.1) is 11.8 Å². The summed E-state index contributed by atoms with van der Waals surface area (Å²) in [5.74, 6) is 1.45. The van der Waals surface area contributed by atoms with Crippen molar-refractivity contribution in [2.75, 3.05) is 26.2 Å². The van der Waals surface area contributed by atoms with E-state index >= 15 is 0 Å². The topological polar surface area (TPSA) is 73.5 Å². The second-order valence-electron chi connectivity index (χ2n) is 8.88. The molecule has 2 heterocycles. The van der Waals surface area contributed by atoms with Gasteiger partial charge < -0.3 is 20.9 Å². The first-order valence-corrected chi connectivity index (χ1v) is 11.2. The Morgan fingerprint density at radius 1 is 0.926 bits per heavy atom. The highest BCUT2D eigenvalue weighted by atomic mass is 16.2. The lowest BCUT2D eigenvalue weighted by atomic mass is 9.84. The van der Waals surface area contributed by atoms with Gasteiger partial charge in [0.25, 0.3) is 0 Å². The number of piperidine rings is 2. The lowest BCUT2D eigenvalue weighted by Crippen LogP contribution is -2.51. The number of nitrogens with one attached hydrogen (secondary N) is 3. The van der Waals surface area contributed by atoms with E-state index in [1.807, 2.05) is 4.90 Å². The first-order valence-electron chi connectivity index (χ1n) is 11.2. The highest BCUT2D eigenvalue weighted by Crippen LogP contribution is 2.25. The van der Waals surface area contributed by atoms with Crippen molar-refractivity contribution < 1.29 is 9.59 Å². The molecule has 6 heteroatoms. The zero-order chi connectivity index (χ0) is 19.1. The van der Waals surface area contributed by atoms with E-state index < -0.39 is 0 Å². The molecule has 1 saturated carbocycles. The SMILES string of the molecule is CC(CC(=O)N1CCC(NC(=O)NC2CCCCC2)CC1)C1CCNCC1. The van der Waals surface area contributed by atoms with Gasteiger partial charge in [0.2, 0.25) is 5.91 Å². The van der Waals surface area contributed by atoms with E-state index in [2.05, 4.69) is 22.9 Å². The summed E-state index contributed by atoms with van der Waals surface area (Å²) in [4.78, 5) is 26.9. The van der Waals surface area contributed by atoms with Gasteiger partial charge in [-0.05, 0) is 63.5 Å². The van der Waals surface area contributed by atoms with Crippen molar-refractivity contribution in [2.24, 2.45) is 11.8 Å². The van der Waals surface area contributed by atoms with Crippen molar-refractivity contribution in [1.29, 1.82) is 0 Å². The van der Waals surface area contributed by atoms with Gasteiger partial charge in [0.15, 0.2) is 0 Å². The van der Waals surface area contributed by atoms with Crippen LogP contribution in [0.5, 0.6) is 0 Å². The molecule has 1 unspecified atom stereocenters. The van der Waals surface area contributed by atoms with Gasteiger partial charge >= 0.3 is 6.03 Å². The Labute approximate surface area is 164 Å². The summed E-state index contributed by atoms with van der Waals surface area (Å²) in [6, 6.07) is 0.516. The van der Waals surface area contributed by atoms with Crippen LogP contribution in [0.1, 0.15) is 71.1 Å². The summed E-state index contributed by atoms with van der Waals surface area (Å²) in [5.41, 5.74) is 0. The van der Waals surface area contributed by atoms with E-state index in [0.29, 0.717) is 30.2 Å². The Morgan fingerprint density at radius 2 is 1.52 bits per heavy atom. The molecule has 154 valence electrons. The maximum absolute atomic E-state index is 12.7. The number of hydrogen-bond donors (Lipinski definition) is 3. The summed E-state index contributed by atoms with van der Waals surface area (Å²) in [5, 5.41) is 9.65. The zero-order valence-corrected chi connectivity index (χ0v) is 17.0. The molecule has 2 aliphatic heterocycles. The molecule has 3 amide bonds. The number of nitrogens with zero attached hydrogens (tertiary/aromatic N) is 1. The summed E-state index contributed by atoms with van der Waals surface area (Å²) >= 11 is 0. The lowest BCUT2D eigenvalue weighted by Gasteiger charge is -2.35. The van der Waals surface area contributed by atoms with Crippen LogP contribution in [0.4, 0.5) is 4.79 Å². The number of carbonyl (C=O) groups is 2. The fraction of sp³-hybridized carbons (Fsp3) is 0.905. The van der Waals surface area contributed by atoms with Gasteiger partial charge in [-0.2, -0.15) is 0 Å². The number of likely N-dealkylation sites (tertiary alicyclic amines) is 1. The van der Waals surface area contributed by atoms with Crippen molar-refractivity contribution in [1.82, 2.24) is 20.9 Å². The molecule has 27 heavy (non-hydrogen) atoms. The Kier molecular flexibility index (Phi) is 7.80. The van der Waals surface area contributed by atoms with Crippen LogP contribution >= 0.6 is 0 Å². The van der Waals surface area contributed by atoms with Crippen LogP contribution in [0.25, 0.3) is 0 Å². The minimum atomic E-state index is -0.0220. The fourth-order valence-corrected chi connectivity index (χ4v) is 4.92. The first kappa shape index (κ1) is 20.4. The molecule has 3 fully saturated rings. The molecule has 0 aromatic carbocycles. The lowest BCUT2D eigenvalue weighted by molar-refractivity contribution is -0.133. The number of urea groups is 1. The van der Waals surface area contributed by atoms with Crippen LogP contribution in [0.2, 0.25) is 0 Å². The molecule has 0 aromatic rings. The largest absolute Gasteiger partial charge is 0.343 e. The van der Waals surface area contributed by atoms with E-state index in [9.17, 15) is 9.59 Å². The monoisotopic (exact) mass is 378 g/mol. The highest BCUT2D eigenvalue weighted by Gasteiger charge is 2.28. The predicted molar refractivity (Wildman–Crippen MR) is 108 cm³/mol. The Balaban J connectivity index is 1.34. The molecule has 3 aliphatic rings. The highest BCUT2D eigenvalue weighted by molar-refractivity contribution is 5.77. The van der Waals surface area contributed by atoms with Crippen molar-refractivity contribution in [3.05, 3.63) is 0 Å². The van der Waals surface area contributed by atoms with Crippen molar-refractivity contribution in [2.45, 2.75) is 83.2 Å². The van der Waals surface area contributed by atoms with Gasteiger partial charge in [-0.25, -0.2) is 4.79 Å².